The van der Waals surface area contributed by atoms with Gasteiger partial charge in [-0.1, -0.05) is 0 Å². The Morgan fingerprint density at radius 3 is 2.09 bits per heavy atom. The molecule has 0 amide bonds. The van der Waals surface area contributed by atoms with E-state index in [2.05, 4.69) is 4.98 Å². The fourth-order valence-corrected chi connectivity index (χ4v) is 0.860. The zero-order chi connectivity index (χ0) is 8.59. The van der Waals surface area contributed by atoms with Gasteiger partial charge in [0.1, 0.15) is 5.82 Å². The fraction of sp³-hybridized carbons (Fsp3) is 0.286. The average molecular weight is 152 g/mol. The van der Waals surface area contributed by atoms with Gasteiger partial charge in [-0.15, -0.1) is 0 Å². The molecule has 0 fully saturated rings. The molecule has 0 bridgehead atoms. The molecule has 1 aromatic rings. The predicted octanol–water partition coefficient (Wildman–Crippen LogP) is 0.445. The number of rotatable bonds is 0. The zero-order valence-electron chi connectivity index (χ0n) is 6.68. The van der Waals surface area contributed by atoms with Crippen molar-refractivity contribution in [3.05, 3.63) is 11.3 Å². The van der Waals surface area contributed by atoms with Crippen molar-refractivity contribution in [3.63, 3.8) is 0 Å². The smallest absolute Gasteiger partial charge is 0.128 e. The SMILES string of the molecule is Cc1nc(N)c(C)c(N)c1N. The van der Waals surface area contributed by atoms with Gasteiger partial charge in [0.25, 0.3) is 0 Å². The number of aromatic nitrogens is 1. The molecule has 0 saturated heterocycles. The van der Waals surface area contributed by atoms with Crippen LogP contribution in [0.4, 0.5) is 17.2 Å². The van der Waals surface area contributed by atoms with Gasteiger partial charge >= 0.3 is 0 Å². The van der Waals surface area contributed by atoms with Crippen molar-refractivity contribution < 1.29 is 0 Å². The summed E-state index contributed by atoms with van der Waals surface area (Å²) in [5.74, 6) is 0.453. The van der Waals surface area contributed by atoms with Gasteiger partial charge in [0, 0.05) is 5.56 Å². The molecule has 1 rings (SSSR count). The highest BCUT2D eigenvalue weighted by Gasteiger charge is 2.06. The Hall–Kier alpha value is -1.45. The van der Waals surface area contributed by atoms with Crippen LogP contribution in [-0.2, 0) is 0 Å². The van der Waals surface area contributed by atoms with E-state index in [1.54, 1.807) is 13.8 Å². The second-order valence-electron chi connectivity index (χ2n) is 2.53. The number of hydrogen-bond acceptors (Lipinski definition) is 4. The minimum atomic E-state index is 0.453. The largest absolute Gasteiger partial charge is 0.397 e. The van der Waals surface area contributed by atoms with E-state index in [9.17, 15) is 0 Å². The molecule has 0 unspecified atom stereocenters. The number of nitrogens with zero attached hydrogens (tertiary/aromatic N) is 1. The highest BCUT2D eigenvalue weighted by molar-refractivity contribution is 5.73. The molecular formula is C7H12N4. The van der Waals surface area contributed by atoms with Crippen molar-refractivity contribution in [2.24, 2.45) is 0 Å². The highest BCUT2D eigenvalue weighted by Crippen LogP contribution is 2.24. The van der Waals surface area contributed by atoms with Gasteiger partial charge in [0.15, 0.2) is 0 Å². The van der Waals surface area contributed by atoms with Crippen molar-refractivity contribution in [2.45, 2.75) is 13.8 Å². The summed E-state index contributed by atoms with van der Waals surface area (Å²) in [6.45, 7) is 3.58. The Bertz CT molecular complexity index is 267. The van der Waals surface area contributed by atoms with E-state index in [1.165, 1.54) is 0 Å². The summed E-state index contributed by atoms with van der Waals surface area (Å²) in [7, 11) is 0. The van der Waals surface area contributed by atoms with Crippen LogP contribution in [0.3, 0.4) is 0 Å². The molecule has 1 heterocycles. The van der Waals surface area contributed by atoms with E-state index in [1.807, 2.05) is 0 Å². The number of hydrogen-bond donors (Lipinski definition) is 3. The third-order valence-electron chi connectivity index (χ3n) is 1.76. The second kappa shape index (κ2) is 2.30. The third kappa shape index (κ3) is 1.07. The van der Waals surface area contributed by atoms with Gasteiger partial charge in [-0.3, -0.25) is 0 Å². The average Bonchev–Trinajstić information content (AvgIpc) is 1.97. The van der Waals surface area contributed by atoms with Crippen LogP contribution < -0.4 is 17.2 Å². The Morgan fingerprint density at radius 1 is 1.00 bits per heavy atom. The molecule has 60 valence electrons. The first kappa shape index (κ1) is 7.65. The first-order valence-electron chi connectivity index (χ1n) is 3.31. The molecule has 0 spiro atoms. The summed E-state index contributed by atoms with van der Waals surface area (Å²) < 4.78 is 0. The maximum atomic E-state index is 5.64. The maximum Gasteiger partial charge on any atom is 0.128 e. The summed E-state index contributed by atoms with van der Waals surface area (Å²) in [6, 6.07) is 0. The first-order valence-corrected chi connectivity index (χ1v) is 3.31. The fourth-order valence-electron chi connectivity index (χ4n) is 0.860. The lowest BCUT2D eigenvalue weighted by atomic mass is 10.2. The summed E-state index contributed by atoms with van der Waals surface area (Å²) in [4.78, 5) is 4.01. The summed E-state index contributed by atoms with van der Waals surface area (Å²) in [6.07, 6.45) is 0. The lowest BCUT2D eigenvalue weighted by Gasteiger charge is -2.08. The van der Waals surface area contributed by atoms with Gasteiger partial charge in [0.2, 0.25) is 0 Å². The van der Waals surface area contributed by atoms with Crippen LogP contribution in [0.25, 0.3) is 0 Å². The predicted molar refractivity (Wildman–Crippen MR) is 46.9 cm³/mol. The molecule has 4 nitrogen and oxygen atoms in total. The van der Waals surface area contributed by atoms with E-state index in [0.717, 1.165) is 5.56 Å². The highest BCUT2D eigenvalue weighted by atomic mass is 14.9. The van der Waals surface area contributed by atoms with Crippen LogP contribution >= 0.6 is 0 Å². The van der Waals surface area contributed by atoms with Crippen LogP contribution in [0.2, 0.25) is 0 Å². The molecule has 0 aromatic carbocycles. The molecular weight excluding hydrogens is 140 g/mol. The van der Waals surface area contributed by atoms with Crippen molar-refractivity contribution in [2.75, 3.05) is 17.2 Å². The van der Waals surface area contributed by atoms with Crippen molar-refractivity contribution in [1.29, 1.82) is 0 Å². The minimum Gasteiger partial charge on any atom is -0.397 e. The zero-order valence-corrected chi connectivity index (χ0v) is 6.68. The van der Waals surface area contributed by atoms with Crippen LogP contribution in [0, 0.1) is 13.8 Å². The van der Waals surface area contributed by atoms with Gasteiger partial charge in [-0.05, 0) is 13.8 Å². The maximum absolute atomic E-state index is 5.64. The van der Waals surface area contributed by atoms with Gasteiger partial charge in [-0.2, -0.15) is 0 Å². The summed E-state index contributed by atoms with van der Waals surface area (Å²) in [5, 5.41) is 0. The quantitative estimate of drug-likeness (QED) is 0.503. The van der Waals surface area contributed by atoms with Gasteiger partial charge in [-0.25, -0.2) is 4.98 Å². The Labute approximate surface area is 65.4 Å². The lowest BCUT2D eigenvalue weighted by Crippen LogP contribution is -2.06. The third-order valence-corrected chi connectivity index (χ3v) is 1.76. The van der Waals surface area contributed by atoms with E-state index in [4.69, 9.17) is 17.2 Å². The standard InChI is InChI=1S/C7H12N4/c1-3-5(8)6(9)4(2)11-7(3)10/h9H2,1-2H3,(H4,8,10,11). The second-order valence-corrected chi connectivity index (χ2v) is 2.53. The van der Waals surface area contributed by atoms with Crippen LogP contribution in [0.15, 0.2) is 0 Å². The van der Waals surface area contributed by atoms with E-state index in [-0.39, 0.29) is 0 Å². The first-order chi connectivity index (χ1) is 5.04. The minimum absolute atomic E-state index is 0.453. The molecule has 1 aromatic heterocycles. The van der Waals surface area contributed by atoms with Gasteiger partial charge < -0.3 is 17.2 Å². The molecule has 0 saturated carbocycles. The number of pyridine rings is 1. The lowest BCUT2D eigenvalue weighted by molar-refractivity contribution is 1.19. The van der Waals surface area contributed by atoms with E-state index < -0.39 is 0 Å². The number of anilines is 3. The van der Waals surface area contributed by atoms with E-state index in [0.29, 0.717) is 22.9 Å². The Balaban J connectivity index is 3.46. The Kier molecular flexibility index (Phi) is 1.60. The molecule has 0 aliphatic rings. The van der Waals surface area contributed by atoms with Crippen LogP contribution in [0.5, 0.6) is 0 Å². The molecule has 4 heteroatoms. The monoisotopic (exact) mass is 152 g/mol. The van der Waals surface area contributed by atoms with Crippen LogP contribution in [-0.4, -0.2) is 4.98 Å². The molecule has 0 aliphatic carbocycles. The normalized spacial score (nSPS) is 10.0. The topological polar surface area (TPSA) is 90.9 Å². The number of aryl methyl sites for hydroxylation is 1. The molecule has 6 N–H and O–H groups in total. The summed E-state index contributed by atoms with van der Waals surface area (Å²) in [5.41, 5.74) is 19.3. The van der Waals surface area contributed by atoms with E-state index >= 15 is 0 Å². The van der Waals surface area contributed by atoms with Crippen molar-refractivity contribution >= 4 is 17.2 Å². The summed E-state index contributed by atoms with van der Waals surface area (Å²) >= 11 is 0. The molecule has 0 aliphatic heterocycles. The molecule has 11 heavy (non-hydrogen) atoms. The van der Waals surface area contributed by atoms with Crippen molar-refractivity contribution in [1.82, 2.24) is 4.98 Å². The van der Waals surface area contributed by atoms with Gasteiger partial charge in [0.05, 0.1) is 17.1 Å². The van der Waals surface area contributed by atoms with Crippen LogP contribution in [0.1, 0.15) is 11.3 Å². The number of nitrogen functional groups attached to an aromatic ring is 3. The molecule has 0 radical (unpaired) electrons. The Morgan fingerprint density at radius 2 is 1.55 bits per heavy atom. The molecule has 0 atom stereocenters. The number of nitrogens with two attached hydrogens (primary N) is 3. The van der Waals surface area contributed by atoms with Crippen molar-refractivity contribution in [3.8, 4) is 0 Å².